The summed E-state index contributed by atoms with van der Waals surface area (Å²) in [5.74, 6) is -1.82. The SMILES string of the molecule is O=C(N1Cc2ccc(CO)cc2C1)C(F)(F)F. The maximum absolute atomic E-state index is 12.2. The van der Waals surface area contributed by atoms with E-state index in [1.165, 1.54) is 0 Å². The Hall–Kier alpha value is -1.56. The van der Waals surface area contributed by atoms with Gasteiger partial charge in [0.25, 0.3) is 0 Å². The highest BCUT2D eigenvalue weighted by atomic mass is 19.4. The van der Waals surface area contributed by atoms with E-state index in [0.29, 0.717) is 16.7 Å². The van der Waals surface area contributed by atoms with Crippen LogP contribution >= 0.6 is 0 Å². The van der Waals surface area contributed by atoms with Crippen molar-refractivity contribution in [1.82, 2.24) is 4.90 Å². The van der Waals surface area contributed by atoms with Crippen LogP contribution in [0.2, 0.25) is 0 Å². The van der Waals surface area contributed by atoms with Crippen LogP contribution in [-0.4, -0.2) is 22.1 Å². The molecule has 17 heavy (non-hydrogen) atoms. The maximum Gasteiger partial charge on any atom is 0.471 e. The zero-order valence-corrected chi connectivity index (χ0v) is 8.79. The molecule has 0 bridgehead atoms. The summed E-state index contributed by atoms with van der Waals surface area (Å²) in [6.07, 6.45) is -4.83. The van der Waals surface area contributed by atoms with Crippen molar-refractivity contribution < 1.29 is 23.1 Å². The molecule has 0 spiro atoms. The molecule has 0 atom stereocenters. The van der Waals surface area contributed by atoms with E-state index < -0.39 is 12.1 Å². The minimum atomic E-state index is -4.83. The molecule has 1 N–H and O–H groups in total. The fraction of sp³-hybridized carbons (Fsp3) is 0.364. The molecule has 0 saturated heterocycles. The van der Waals surface area contributed by atoms with Crippen LogP contribution in [0.15, 0.2) is 18.2 Å². The van der Waals surface area contributed by atoms with E-state index >= 15 is 0 Å². The first-order valence-corrected chi connectivity index (χ1v) is 4.99. The third-order valence-electron chi connectivity index (χ3n) is 2.71. The Kier molecular flexibility index (Phi) is 2.82. The number of nitrogens with zero attached hydrogens (tertiary/aromatic N) is 1. The molecule has 1 amide bonds. The van der Waals surface area contributed by atoms with Gasteiger partial charge in [0, 0.05) is 13.1 Å². The molecule has 1 heterocycles. The minimum Gasteiger partial charge on any atom is -0.392 e. The molecule has 6 heteroatoms. The third-order valence-corrected chi connectivity index (χ3v) is 2.71. The van der Waals surface area contributed by atoms with Crippen LogP contribution < -0.4 is 0 Å². The fourth-order valence-electron chi connectivity index (χ4n) is 1.87. The summed E-state index contributed by atoms with van der Waals surface area (Å²) in [6, 6.07) is 4.91. The van der Waals surface area contributed by atoms with E-state index in [2.05, 4.69) is 0 Å². The van der Waals surface area contributed by atoms with Crippen LogP contribution in [0.1, 0.15) is 16.7 Å². The lowest BCUT2D eigenvalue weighted by atomic mass is 10.1. The Labute approximate surface area is 95.5 Å². The van der Waals surface area contributed by atoms with Gasteiger partial charge in [-0.05, 0) is 16.7 Å². The first-order valence-electron chi connectivity index (χ1n) is 4.99. The molecule has 0 aliphatic carbocycles. The fourth-order valence-corrected chi connectivity index (χ4v) is 1.87. The van der Waals surface area contributed by atoms with Gasteiger partial charge in [-0.2, -0.15) is 13.2 Å². The van der Waals surface area contributed by atoms with Gasteiger partial charge in [-0.1, -0.05) is 18.2 Å². The van der Waals surface area contributed by atoms with Gasteiger partial charge >= 0.3 is 12.1 Å². The highest BCUT2D eigenvalue weighted by Gasteiger charge is 2.43. The average molecular weight is 245 g/mol. The van der Waals surface area contributed by atoms with Crippen LogP contribution in [0.4, 0.5) is 13.2 Å². The number of halogens is 3. The summed E-state index contributed by atoms with van der Waals surface area (Å²) in [5, 5.41) is 8.91. The van der Waals surface area contributed by atoms with E-state index in [0.717, 1.165) is 4.90 Å². The molecule has 92 valence electrons. The Balaban J connectivity index is 2.19. The molecule has 1 aromatic carbocycles. The first kappa shape index (κ1) is 11.9. The van der Waals surface area contributed by atoms with Crippen molar-refractivity contribution in [2.24, 2.45) is 0 Å². The van der Waals surface area contributed by atoms with Crippen molar-refractivity contribution in [3.05, 3.63) is 34.9 Å². The number of hydrogen-bond acceptors (Lipinski definition) is 2. The second-order valence-electron chi connectivity index (χ2n) is 3.92. The Morgan fingerprint density at radius 3 is 2.53 bits per heavy atom. The van der Waals surface area contributed by atoms with Crippen LogP contribution in [0, 0.1) is 0 Å². The normalized spacial score (nSPS) is 14.9. The van der Waals surface area contributed by atoms with Crippen molar-refractivity contribution in [3.63, 3.8) is 0 Å². The quantitative estimate of drug-likeness (QED) is 0.816. The van der Waals surface area contributed by atoms with Crippen LogP contribution in [0.5, 0.6) is 0 Å². The number of aliphatic hydroxyl groups excluding tert-OH is 1. The summed E-state index contributed by atoms with van der Waals surface area (Å²) in [7, 11) is 0. The van der Waals surface area contributed by atoms with Crippen LogP contribution in [-0.2, 0) is 24.5 Å². The van der Waals surface area contributed by atoms with E-state index in [9.17, 15) is 18.0 Å². The topological polar surface area (TPSA) is 40.5 Å². The summed E-state index contributed by atoms with van der Waals surface area (Å²) in [4.78, 5) is 11.8. The first-order chi connectivity index (χ1) is 7.91. The smallest absolute Gasteiger partial charge is 0.392 e. The van der Waals surface area contributed by atoms with Gasteiger partial charge in [-0.15, -0.1) is 0 Å². The van der Waals surface area contributed by atoms with Crippen molar-refractivity contribution in [1.29, 1.82) is 0 Å². The van der Waals surface area contributed by atoms with Crippen molar-refractivity contribution >= 4 is 5.91 Å². The Morgan fingerprint density at radius 2 is 1.94 bits per heavy atom. The number of carbonyl (C=O) groups is 1. The van der Waals surface area contributed by atoms with Crippen molar-refractivity contribution in [2.45, 2.75) is 25.9 Å². The Bertz CT molecular complexity index is 457. The van der Waals surface area contributed by atoms with Gasteiger partial charge in [0.05, 0.1) is 6.61 Å². The summed E-state index contributed by atoms with van der Waals surface area (Å²) < 4.78 is 36.7. The average Bonchev–Trinajstić information content (AvgIpc) is 2.68. The molecule has 0 radical (unpaired) electrons. The molecule has 1 aliphatic rings. The minimum absolute atomic E-state index is 0.0284. The Morgan fingerprint density at radius 1 is 1.29 bits per heavy atom. The number of aliphatic hydroxyl groups is 1. The molecule has 0 unspecified atom stereocenters. The zero-order valence-electron chi connectivity index (χ0n) is 8.79. The maximum atomic E-state index is 12.2. The molecule has 0 saturated carbocycles. The number of amides is 1. The monoisotopic (exact) mass is 245 g/mol. The molecule has 3 nitrogen and oxygen atoms in total. The van der Waals surface area contributed by atoms with Crippen LogP contribution in [0.25, 0.3) is 0 Å². The number of alkyl halides is 3. The summed E-state index contributed by atoms with van der Waals surface area (Å²) in [5.41, 5.74) is 1.99. The van der Waals surface area contributed by atoms with Crippen LogP contribution in [0.3, 0.4) is 0 Å². The highest BCUT2D eigenvalue weighted by Crippen LogP contribution is 2.28. The van der Waals surface area contributed by atoms with Crippen molar-refractivity contribution in [3.8, 4) is 0 Å². The molecular formula is C11H10F3NO2. The third kappa shape index (κ3) is 2.26. The lowest BCUT2D eigenvalue weighted by molar-refractivity contribution is -0.186. The zero-order chi connectivity index (χ0) is 12.6. The number of fused-ring (bicyclic) bond motifs is 1. The second kappa shape index (κ2) is 4.03. The molecule has 2 rings (SSSR count). The molecule has 1 aliphatic heterocycles. The molecule has 1 aromatic rings. The van der Waals surface area contributed by atoms with Gasteiger partial charge in [0.1, 0.15) is 0 Å². The van der Waals surface area contributed by atoms with E-state index in [1.54, 1.807) is 18.2 Å². The summed E-state index contributed by atoms with van der Waals surface area (Å²) >= 11 is 0. The largest absolute Gasteiger partial charge is 0.471 e. The second-order valence-corrected chi connectivity index (χ2v) is 3.92. The lowest BCUT2D eigenvalue weighted by Gasteiger charge is -2.16. The van der Waals surface area contributed by atoms with Gasteiger partial charge in [0.2, 0.25) is 0 Å². The van der Waals surface area contributed by atoms with Gasteiger partial charge < -0.3 is 10.0 Å². The molecular weight excluding hydrogens is 235 g/mol. The van der Waals surface area contributed by atoms with E-state index in [4.69, 9.17) is 5.11 Å². The predicted octanol–water partition coefficient (Wildman–Crippen LogP) is 1.58. The lowest BCUT2D eigenvalue weighted by Crippen LogP contribution is -2.37. The summed E-state index contributed by atoms with van der Waals surface area (Å²) in [6.45, 7) is -0.249. The predicted molar refractivity (Wildman–Crippen MR) is 52.7 cm³/mol. The number of carbonyl (C=O) groups excluding carboxylic acids is 1. The van der Waals surface area contributed by atoms with Gasteiger partial charge in [-0.3, -0.25) is 4.79 Å². The molecule has 0 fully saturated rings. The van der Waals surface area contributed by atoms with E-state index in [1.807, 2.05) is 0 Å². The van der Waals surface area contributed by atoms with E-state index in [-0.39, 0.29) is 19.7 Å². The number of rotatable bonds is 1. The number of benzene rings is 1. The molecule has 0 aromatic heterocycles. The van der Waals surface area contributed by atoms with Gasteiger partial charge in [0.15, 0.2) is 0 Å². The van der Waals surface area contributed by atoms with Gasteiger partial charge in [-0.25, -0.2) is 0 Å². The van der Waals surface area contributed by atoms with Crippen molar-refractivity contribution in [2.75, 3.05) is 0 Å². The number of hydrogen-bond donors (Lipinski definition) is 1. The standard InChI is InChI=1S/C11H10F3NO2/c12-11(13,14)10(17)15-4-8-2-1-7(6-16)3-9(8)5-15/h1-3,16H,4-6H2. The highest BCUT2D eigenvalue weighted by molar-refractivity contribution is 5.82.